The first-order chi connectivity index (χ1) is 7.93. The van der Waals surface area contributed by atoms with Crippen LogP contribution in [0.2, 0.25) is 0 Å². The van der Waals surface area contributed by atoms with Crippen molar-refractivity contribution in [2.45, 2.75) is 18.4 Å². The van der Waals surface area contributed by atoms with Crippen molar-refractivity contribution in [1.29, 1.82) is 0 Å². The third-order valence-electron chi connectivity index (χ3n) is 2.01. The Morgan fingerprint density at radius 1 is 1.47 bits per heavy atom. The number of sulfonamides is 1. The lowest BCUT2D eigenvalue weighted by Gasteiger charge is -2.04. The van der Waals surface area contributed by atoms with Crippen molar-refractivity contribution in [1.82, 2.24) is 5.32 Å². The number of hydrogen-bond acceptors (Lipinski definition) is 3. The van der Waals surface area contributed by atoms with Gasteiger partial charge in [-0.05, 0) is 30.7 Å². The monoisotopic (exact) mass is 254 g/mol. The first-order valence-corrected chi connectivity index (χ1v) is 6.50. The minimum atomic E-state index is -3.70. The number of benzene rings is 1. The van der Waals surface area contributed by atoms with Crippen LogP contribution in [-0.4, -0.2) is 14.3 Å². The van der Waals surface area contributed by atoms with Crippen molar-refractivity contribution in [2.24, 2.45) is 5.14 Å². The maximum absolute atomic E-state index is 11.2. The molecule has 6 heteroatoms. The summed E-state index contributed by atoms with van der Waals surface area (Å²) in [5.41, 5.74) is 0.675. The fourth-order valence-corrected chi connectivity index (χ4v) is 1.82. The minimum Gasteiger partial charge on any atom is -0.348 e. The van der Waals surface area contributed by atoms with E-state index in [2.05, 4.69) is 5.32 Å². The molecule has 17 heavy (non-hydrogen) atoms. The van der Waals surface area contributed by atoms with Crippen molar-refractivity contribution in [3.8, 4) is 0 Å². The lowest BCUT2D eigenvalue weighted by atomic mass is 10.2. The smallest absolute Gasteiger partial charge is 0.243 e. The van der Waals surface area contributed by atoms with Gasteiger partial charge in [0.1, 0.15) is 0 Å². The quantitative estimate of drug-likeness (QED) is 0.768. The fourth-order valence-electron chi connectivity index (χ4n) is 1.23. The van der Waals surface area contributed by atoms with Crippen LogP contribution in [0.5, 0.6) is 0 Å². The molecule has 0 bridgehead atoms. The van der Waals surface area contributed by atoms with Crippen LogP contribution < -0.4 is 10.5 Å². The Kier molecular flexibility index (Phi) is 4.42. The molecule has 0 unspecified atom stereocenters. The van der Waals surface area contributed by atoms with Crippen LogP contribution >= 0.6 is 0 Å². The summed E-state index contributed by atoms with van der Waals surface area (Å²) in [7, 11) is -3.70. The Balaban J connectivity index is 2.77. The molecular weight excluding hydrogens is 240 g/mol. The normalized spacial score (nSPS) is 11.6. The van der Waals surface area contributed by atoms with Crippen molar-refractivity contribution in [2.75, 3.05) is 0 Å². The molecule has 0 radical (unpaired) electrons. The highest BCUT2D eigenvalue weighted by Crippen LogP contribution is 2.09. The molecular formula is C11H14N2O3S. The van der Waals surface area contributed by atoms with Crippen LogP contribution in [0.1, 0.15) is 12.5 Å². The fraction of sp³-hybridized carbons (Fsp3) is 0.182. The van der Waals surface area contributed by atoms with Crippen molar-refractivity contribution >= 4 is 15.9 Å². The molecule has 0 aliphatic carbocycles. The maximum Gasteiger partial charge on any atom is 0.243 e. The summed E-state index contributed by atoms with van der Waals surface area (Å²) < 4.78 is 22.2. The van der Waals surface area contributed by atoms with Gasteiger partial charge in [-0.25, -0.2) is 13.6 Å². The Morgan fingerprint density at radius 2 is 2.18 bits per heavy atom. The highest BCUT2D eigenvalue weighted by molar-refractivity contribution is 7.89. The van der Waals surface area contributed by atoms with E-state index in [1.54, 1.807) is 25.1 Å². The standard InChI is InChI=1S/C11H14N2O3S/c1-2-4-11(14)13-8-9-5-3-6-10(7-9)17(12,15)16/h2-7H,8H2,1H3,(H,13,14)(H2,12,15,16). The summed E-state index contributed by atoms with van der Waals surface area (Å²) in [5, 5.41) is 7.62. The number of hydrogen-bond donors (Lipinski definition) is 2. The van der Waals surface area contributed by atoms with Gasteiger partial charge in [-0.1, -0.05) is 18.2 Å². The van der Waals surface area contributed by atoms with Crippen molar-refractivity contribution in [3.63, 3.8) is 0 Å². The van der Waals surface area contributed by atoms with Gasteiger partial charge in [-0.15, -0.1) is 0 Å². The molecule has 0 aliphatic heterocycles. The highest BCUT2D eigenvalue weighted by atomic mass is 32.2. The van der Waals surface area contributed by atoms with Gasteiger partial charge in [-0.3, -0.25) is 4.79 Å². The Morgan fingerprint density at radius 3 is 2.76 bits per heavy atom. The SMILES string of the molecule is CC=CC(=O)NCc1cccc(S(N)(=O)=O)c1. The van der Waals surface area contributed by atoms with Gasteiger partial charge in [-0.2, -0.15) is 0 Å². The van der Waals surface area contributed by atoms with E-state index in [0.29, 0.717) is 5.56 Å². The third kappa shape index (κ3) is 4.38. The van der Waals surface area contributed by atoms with Crippen LogP contribution in [0.15, 0.2) is 41.3 Å². The summed E-state index contributed by atoms with van der Waals surface area (Å²) >= 11 is 0. The molecule has 0 saturated heterocycles. The first kappa shape index (κ1) is 13.4. The van der Waals surface area contributed by atoms with E-state index < -0.39 is 10.0 Å². The number of nitrogens with one attached hydrogen (secondary N) is 1. The Labute approximate surface area is 100 Å². The van der Waals surface area contributed by atoms with Crippen LogP contribution in [0.4, 0.5) is 0 Å². The molecule has 5 nitrogen and oxygen atoms in total. The summed E-state index contributed by atoms with van der Waals surface area (Å²) in [4.78, 5) is 11.2. The van der Waals surface area contributed by atoms with Crippen LogP contribution in [0, 0.1) is 0 Å². The van der Waals surface area contributed by atoms with Gasteiger partial charge in [0.05, 0.1) is 4.90 Å². The zero-order valence-corrected chi connectivity index (χ0v) is 10.2. The molecule has 1 aromatic rings. The van der Waals surface area contributed by atoms with E-state index >= 15 is 0 Å². The molecule has 3 N–H and O–H groups in total. The van der Waals surface area contributed by atoms with E-state index in [9.17, 15) is 13.2 Å². The Bertz CT molecular complexity index is 535. The summed E-state index contributed by atoms with van der Waals surface area (Å²) in [6, 6.07) is 6.14. The largest absolute Gasteiger partial charge is 0.348 e. The second-order valence-electron chi connectivity index (χ2n) is 3.41. The average Bonchev–Trinajstić information content (AvgIpc) is 2.26. The van der Waals surface area contributed by atoms with Crippen LogP contribution in [0.3, 0.4) is 0 Å². The highest BCUT2D eigenvalue weighted by Gasteiger charge is 2.07. The molecule has 0 saturated carbocycles. The second-order valence-corrected chi connectivity index (χ2v) is 4.97. The number of nitrogens with two attached hydrogens (primary N) is 1. The molecule has 0 heterocycles. The number of primary sulfonamides is 1. The molecule has 0 spiro atoms. The van der Waals surface area contributed by atoms with Gasteiger partial charge in [0.25, 0.3) is 0 Å². The van der Waals surface area contributed by atoms with E-state index in [4.69, 9.17) is 5.14 Å². The number of rotatable bonds is 4. The van der Waals surface area contributed by atoms with Gasteiger partial charge < -0.3 is 5.32 Å². The average molecular weight is 254 g/mol. The minimum absolute atomic E-state index is 0.0373. The van der Waals surface area contributed by atoms with Crippen LogP contribution in [0.25, 0.3) is 0 Å². The summed E-state index contributed by atoms with van der Waals surface area (Å²) in [6.45, 7) is 1.99. The zero-order valence-electron chi connectivity index (χ0n) is 9.38. The topological polar surface area (TPSA) is 89.3 Å². The zero-order chi connectivity index (χ0) is 12.9. The molecule has 0 aliphatic rings. The molecule has 0 fully saturated rings. The third-order valence-corrected chi connectivity index (χ3v) is 2.92. The predicted octanol–water partition coefficient (Wildman–Crippen LogP) is 0.526. The van der Waals surface area contributed by atoms with Crippen molar-refractivity contribution in [3.05, 3.63) is 42.0 Å². The number of carbonyl (C=O) groups is 1. The van der Waals surface area contributed by atoms with E-state index in [-0.39, 0.29) is 17.3 Å². The number of allylic oxidation sites excluding steroid dienone is 1. The van der Waals surface area contributed by atoms with E-state index in [1.165, 1.54) is 18.2 Å². The first-order valence-electron chi connectivity index (χ1n) is 4.96. The lowest BCUT2D eigenvalue weighted by Crippen LogP contribution is -2.20. The summed E-state index contributed by atoms with van der Waals surface area (Å²) in [5.74, 6) is -0.228. The second kappa shape index (κ2) is 5.60. The van der Waals surface area contributed by atoms with Gasteiger partial charge >= 0.3 is 0 Å². The van der Waals surface area contributed by atoms with Crippen LogP contribution in [-0.2, 0) is 21.4 Å². The summed E-state index contributed by atoms with van der Waals surface area (Å²) in [6.07, 6.45) is 3.01. The molecule has 0 aromatic heterocycles. The lowest BCUT2D eigenvalue weighted by molar-refractivity contribution is -0.116. The van der Waals surface area contributed by atoms with Gasteiger partial charge in [0, 0.05) is 6.54 Å². The number of amides is 1. The Hall–Kier alpha value is -1.66. The molecule has 1 aromatic carbocycles. The molecule has 1 amide bonds. The van der Waals surface area contributed by atoms with E-state index in [1.807, 2.05) is 0 Å². The maximum atomic E-state index is 11.2. The number of carbonyl (C=O) groups excluding carboxylic acids is 1. The van der Waals surface area contributed by atoms with Crippen molar-refractivity contribution < 1.29 is 13.2 Å². The molecule has 0 atom stereocenters. The molecule has 1 rings (SSSR count). The van der Waals surface area contributed by atoms with E-state index in [0.717, 1.165) is 0 Å². The predicted molar refractivity (Wildman–Crippen MR) is 64.5 cm³/mol. The molecule has 92 valence electrons. The van der Waals surface area contributed by atoms with Gasteiger partial charge in [0.2, 0.25) is 15.9 Å². The van der Waals surface area contributed by atoms with Gasteiger partial charge in [0.15, 0.2) is 0 Å².